The molecule has 0 bridgehead atoms. The number of sulfonamides is 1. The van der Waals surface area contributed by atoms with Crippen LogP contribution in [0.15, 0.2) is 71.6 Å². The van der Waals surface area contributed by atoms with E-state index in [4.69, 9.17) is 0 Å². The highest BCUT2D eigenvalue weighted by Gasteiger charge is 2.27. The van der Waals surface area contributed by atoms with Crippen molar-refractivity contribution in [3.63, 3.8) is 0 Å². The molecule has 0 radical (unpaired) electrons. The van der Waals surface area contributed by atoms with Crippen molar-refractivity contribution in [1.82, 2.24) is 9.62 Å². The van der Waals surface area contributed by atoms with Crippen LogP contribution in [0.5, 0.6) is 0 Å². The molecule has 0 saturated heterocycles. The third kappa shape index (κ3) is 5.27. The average molecular weight is 468 g/mol. The number of aryl methyl sites for hydroxylation is 1. The highest BCUT2D eigenvalue weighted by molar-refractivity contribution is 7.89. The lowest BCUT2D eigenvalue weighted by molar-refractivity contribution is 0.180. The summed E-state index contributed by atoms with van der Waals surface area (Å²) in [6.45, 7) is 3.43. The van der Waals surface area contributed by atoms with Gasteiger partial charge in [0.2, 0.25) is 10.0 Å². The molecule has 4 rings (SSSR count). The molecule has 174 valence electrons. The Morgan fingerprint density at radius 2 is 1.73 bits per heavy atom. The molecule has 0 unspecified atom stereocenters. The predicted molar refractivity (Wildman–Crippen MR) is 130 cm³/mol. The minimum atomic E-state index is -3.78. The Morgan fingerprint density at radius 1 is 1.03 bits per heavy atom. The Hall–Kier alpha value is -2.74. The van der Waals surface area contributed by atoms with Crippen LogP contribution in [0.2, 0.25) is 0 Å². The van der Waals surface area contributed by atoms with Crippen molar-refractivity contribution in [2.45, 2.75) is 30.8 Å². The van der Waals surface area contributed by atoms with Gasteiger partial charge in [-0.05, 0) is 65.9 Å². The number of fused-ring (bicyclic) bond motifs is 1. The van der Waals surface area contributed by atoms with E-state index in [0.717, 1.165) is 30.8 Å². The smallest absolute Gasteiger partial charge is 0.240 e. The van der Waals surface area contributed by atoms with E-state index in [9.17, 15) is 12.8 Å². The van der Waals surface area contributed by atoms with Crippen LogP contribution in [0, 0.1) is 12.7 Å². The van der Waals surface area contributed by atoms with Gasteiger partial charge in [-0.3, -0.25) is 4.90 Å². The zero-order valence-electron chi connectivity index (χ0n) is 19.3. The Labute approximate surface area is 195 Å². The standard InChI is InChI=1S/C26H30FN3O2S/c1-19-16-23(27)10-13-26(19)33(31,32)28-17-25(21-8-11-24(12-9-21)29(2)3)30-15-14-20-6-4-5-7-22(20)18-30/h4-13,16,25,28H,14-15,17-18H2,1-3H3/t25-/m1/s1. The van der Waals surface area contributed by atoms with E-state index in [1.807, 2.05) is 25.1 Å². The monoisotopic (exact) mass is 467 g/mol. The summed E-state index contributed by atoms with van der Waals surface area (Å²) in [6, 6.07) is 20.3. The van der Waals surface area contributed by atoms with Gasteiger partial charge in [-0.1, -0.05) is 36.4 Å². The third-order valence-corrected chi connectivity index (χ3v) is 7.87. The van der Waals surface area contributed by atoms with Crippen molar-refractivity contribution in [1.29, 1.82) is 0 Å². The molecule has 0 aliphatic carbocycles. The van der Waals surface area contributed by atoms with Crippen LogP contribution in [0.4, 0.5) is 10.1 Å². The number of benzene rings is 3. The summed E-state index contributed by atoms with van der Waals surface area (Å²) >= 11 is 0. The van der Waals surface area contributed by atoms with Crippen LogP contribution < -0.4 is 9.62 Å². The van der Waals surface area contributed by atoms with E-state index in [0.29, 0.717) is 5.56 Å². The quantitative estimate of drug-likeness (QED) is 0.564. The Balaban J connectivity index is 1.61. The van der Waals surface area contributed by atoms with Crippen LogP contribution in [0.1, 0.15) is 28.3 Å². The largest absolute Gasteiger partial charge is 0.378 e. The summed E-state index contributed by atoms with van der Waals surface area (Å²) in [5, 5.41) is 0. The van der Waals surface area contributed by atoms with E-state index in [1.54, 1.807) is 6.92 Å². The molecular formula is C26H30FN3O2S. The first-order valence-corrected chi connectivity index (χ1v) is 12.6. The maximum atomic E-state index is 13.5. The fourth-order valence-corrected chi connectivity index (χ4v) is 5.68. The number of halogens is 1. The van der Waals surface area contributed by atoms with Crippen molar-refractivity contribution < 1.29 is 12.8 Å². The van der Waals surface area contributed by atoms with Crippen LogP contribution in [0.3, 0.4) is 0 Å². The molecule has 33 heavy (non-hydrogen) atoms. The van der Waals surface area contributed by atoms with Crippen molar-refractivity contribution >= 4 is 15.7 Å². The molecule has 1 aliphatic heterocycles. The highest BCUT2D eigenvalue weighted by Crippen LogP contribution is 2.29. The number of hydrogen-bond acceptors (Lipinski definition) is 4. The second-order valence-corrected chi connectivity index (χ2v) is 10.5. The molecule has 0 saturated carbocycles. The second-order valence-electron chi connectivity index (χ2n) is 8.75. The minimum absolute atomic E-state index is 0.106. The molecule has 0 aromatic heterocycles. The van der Waals surface area contributed by atoms with Crippen molar-refractivity contribution in [3.05, 3.63) is 94.8 Å². The van der Waals surface area contributed by atoms with Gasteiger partial charge in [0, 0.05) is 45.5 Å². The lowest BCUT2D eigenvalue weighted by atomic mass is 9.96. The summed E-state index contributed by atoms with van der Waals surface area (Å²) in [4.78, 5) is 4.47. The summed E-state index contributed by atoms with van der Waals surface area (Å²) in [6.07, 6.45) is 0.923. The first-order chi connectivity index (χ1) is 15.7. The van der Waals surface area contributed by atoms with E-state index in [1.165, 1.54) is 29.3 Å². The molecule has 1 N–H and O–H groups in total. The number of hydrogen-bond donors (Lipinski definition) is 1. The molecule has 1 aliphatic rings. The normalized spacial score (nSPS) is 15.2. The maximum Gasteiger partial charge on any atom is 0.240 e. The van der Waals surface area contributed by atoms with Gasteiger partial charge in [-0.2, -0.15) is 0 Å². The van der Waals surface area contributed by atoms with Crippen LogP contribution in [0.25, 0.3) is 0 Å². The van der Waals surface area contributed by atoms with Gasteiger partial charge in [-0.25, -0.2) is 17.5 Å². The fourth-order valence-electron chi connectivity index (χ4n) is 4.42. The number of nitrogens with zero attached hydrogens (tertiary/aromatic N) is 2. The number of nitrogens with one attached hydrogen (secondary N) is 1. The number of rotatable bonds is 7. The molecule has 7 heteroatoms. The molecule has 1 heterocycles. The van der Waals surface area contributed by atoms with Crippen molar-refractivity contribution in [2.75, 3.05) is 32.1 Å². The first-order valence-electron chi connectivity index (χ1n) is 11.1. The highest BCUT2D eigenvalue weighted by atomic mass is 32.2. The molecule has 3 aromatic carbocycles. The lowest BCUT2D eigenvalue weighted by Crippen LogP contribution is -2.40. The van der Waals surface area contributed by atoms with Crippen molar-refractivity contribution in [3.8, 4) is 0 Å². The van der Waals surface area contributed by atoms with Gasteiger partial charge in [0.05, 0.1) is 4.90 Å². The molecular weight excluding hydrogens is 437 g/mol. The van der Waals surface area contributed by atoms with Crippen LogP contribution >= 0.6 is 0 Å². The van der Waals surface area contributed by atoms with Crippen molar-refractivity contribution in [2.24, 2.45) is 0 Å². The van der Waals surface area contributed by atoms with Gasteiger partial charge in [-0.15, -0.1) is 0 Å². The van der Waals surface area contributed by atoms with Crippen LogP contribution in [-0.2, 0) is 23.0 Å². The molecule has 0 fully saturated rings. The van der Waals surface area contributed by atoms with E-state index in [2.05, 4.69) is 52.1 Å². The summed E-state index contributed by atoms with van der Waals surface area (Å²) < 4.78 is 42.4. The zero-order valence-corrected chi connectivity index (χ0v) is 20.1. The van der Waals surface area contributed by atoms with Gasteiger partial charge < -0.3 is 4.90 Å². The lowest BCUT2D eigenvalue weighted by Gasteiger charge is -2.36. The summed E-state index contributed by atoms with van der Waals surface area (Å²) in [7, 11) is 0.203. The van der Waals surface area contributed by atoms with Crippen LogP contribution in [-0.4, -0.2) is 40.5 Å². The van der Waals surface area contributed by atoms with Gasteiger partial charge in [0.25, 0.3) is 0 Å². The zero-order chi connectivity index (χ0) is 23.6. The first kappa shape index (κ1) is 23.4. The van der Waals surface area contributed by atoms with E-state index in [-0.39, 0.29) is 17.5 Å². The summed E-state index contributed by atoms with van der Waals surface area (Å²) in [5.41, 5.74) is 5.15. The molecule has 5 nitrogen and oxygen atoms in total. The summed E-state index contributed by atoms with van der Waals surface area (Å²) in [5.74, 6) is -0.447. The van der Waals surface area contributed by atoms with E-state index < -0.39 is 15.8 Å². The number of anilines is 1. The third-order valence-electron chi connectivity index (χ3n) is 6.29. The minimum Gasteiger partial charge on any atom is -0.378 e. The molecule has 0 amide bonds. The predicted octanol–water partition coefficient (Wildman–Crippen LogP) is 4.28. The Bertz CT molecular complexity index is 1230. The average Bonchev–Trinajstić information content (AvgIpc) is 2.79. The second kappa shape index (κ2) is 9.63. The SMILES string of the molecule is Cc1cc(F)ccc1S(=O)(=O)NC[C@H](c1ccc(N(C)C)cc1)N1CCc2ccccc2C1. The maximum absolute atomic E-state index is 13.5. The van der Waals surface area contributed by atoms with Gasteiger partial charge >= 0.3 is 0 Å². The van der Waals surface area contributed by atoms with E-state index >= 15 is 0 Å². The Morgan fingerprint density at radius 3 is 2.39 bits per heavy atom. The van der Waals surface area contributed by atoms with Gasteiger partial charge in [0.15, 0.2) is 0 Å². The van der Waals surface area contributed by atoms with Gasteiger partial charge in [0.1, 0.15) is 5.82 Å². The fraction of sp³-hybridized carbons (Fsp3) is 0.308. The molecule has 1 atom stereocenters. The topological polar surface area (TPSA) is 52.7 Å². The molecule has 0 spiro atoms. The Kier molecular flexibility index (Phi) is 6.83. The molecule has 3 aromatic rings.